The Morgan fingerprint density at radius 2 is 1.30 bits per heavy atom. The lowest BCUT2D eigenvalue weighted by Crippen LogP contribution is -2.24. The highest BCUT2D eigenvalue weighted by Crippen LogP contribution is 2.35. The Morgan fingerprint density at radius 1 is 0.815 bits per heavy atom. The van der Waals surface area contributed by atoms with Crippen molar-refractivity contribution < 1.29 is 13.5 Å². The maximum Gasteiger partial charge on any atom is 0.179 e. The summed E-state index contributed by atoms with van der Waals surface area (Å²) < 4.78 is 25.9. The summed E-state index contributed by atoms with van der Waals surface area (Å²) in [6.07, 6.45) is -0.975. The van der Waals surface area contributed by atoms with Crippen LogP contribution in [0.5, 0.6) is 0 Å². The lowest BCUT2D eigenvalue weighted by atomic mass is 9.87. The number of benzene rings is 3. The molecule has 4 heteroatoms. The Labute approximate surface area is 160 Å². The quantitative estimate of drug-likeness (QED) is 0.657. The third kappa shape index (κ3) is 4.54. The van der Waals surface area contributed by atoms with E-state index in [4.69, 9.17) is 0 Å². The average molecular weight is 378 g/mol. The van der Waals surface area contributed by atoms with Crippen LogP contribution in [0.2, 0.25) is 0 Å². The zero-order valence-corrected chi connectivity index (χ0v) is 15.7. The monoisotopic (exact) mass is 378 g/mol. The van der Waals surface area contributed by atoms with Gasteiger partial charge in [0.25, 0.3) is 0 Å². The number of rotatable bonds is 7. The minimum Gasteiger partial charge on any atom is -0.388 e. The van der Waals surface area contributed by atoms with Gasteiger partial charge in [0, 0.05) is 5.92 Å². The van der Waals surface area contributed by atoms with E-state index < -0.39 is 21.9 Å². The van der Waals surface area contributed by atoms with Crippen molar-refractivity contribution in [3.63, 3.8) is 0 Å². The van der Waals surface area contributed by atoms with E-state index in [2.05, 4.69) is 6.58 Å². The highest BCUT2D eigenvalue weighted by Gasteiger charge is 2.30. The van der Waals surface area contributed by atoms with Crippen LogP contribution >= 0.6 is 0 Å². The van der Waals surface area contributed by atoms with Crippen molar-refractivity contribution in [2.75, 3.05) is 5.75 Å². The number of hydrogen-bond acceptors (Lipinski definition) is 3. The highest BCUT2D eigenvalue weighted by molar-refractivity contribution is 7.91. The normalized spacial score (nSPS) is 13.7. The summed E-state index contributed by atoms with van der Waals surface area (Å²) in [6, 6.07) is 26.8. The van der Waals surface area contributed by atoms with Crippen molar-refractivity contribution in [1.29, 1.82) is 0 Å². The molecule has 2 atom stereocenters. The first-order chi connectivity index (χ1) is 13.0. The van der Waals surface area contributed by atoms with Crippen LogP contribution in [0.15, 0.2) is 102 Å². The van der Waals surface area contributed by atoms with Crippen molar-refractivity contribution >= 4 is 15.4 Å². The van der Waals surface area contributed by atoms with Gasteiger partial charge in [0.15, 0.2) is 9.84 Å². The standard InChI is InChI=1S/C23H22O3S/c1-18(19-11-5-2-6-12-19)22(23(24)20-13-7-3-8-14-20)17-27(25,26)21-15-9-4-10-16-21/h2-16,22-24H,1,17H2/t22-,23-/m1/s1. The van der Waals surface area contributed by atoms with E-state index in [0.29, 0.717) is 11.1 Å². The zero-order chi connectivity index (χ0) is 19.3. The highest BCUT2D eigenvalue weighted by atomic mass is 32.2. The first-order valence-corrected chi connectivity index (χ1v) is 10.4. The Balaban J connectivity index is 1.98. The molecule has 0 fully saturated rings. The molecule has 0 amide bonds. The van der Waals surface area contributed by atoms with E-state index in [1.54, 1.807) is 42.5 Å². The van der Waals surface area contributed by atoms with E-state index >= 15 is 0 Å². The van der Waals surface area contributed by atoms with Crippen LogP contribution in [-0.4, -0.2) is 19.3 Å². The van der Waals surface area contributed by atoms with E-state index in [-0.39, 0.29) is 10.6 Å². The third-order valence-corrected chi connectivity index (χ3v) is 6.40. The fourth-order valence-corrected chi connectivity index (χ4v) is 4.71. The fraction of sp³-hybridized carbons (Fsp3) is 0.130. The van der Waals surface area contributed by atoms with Crippen molar-refractivity contribution in [2.24, 2.45) is 5.92 Å². The van der Waals surface area contributed by atoms with E-state index in [9.17, 15) is 13.5 Å². The fourth-order valence-electron chi connectivity index (χ4n) is 3.09. The minimum atomic E-state index is -3.59. The molecule has 3 rings (SSSR count). The molecule has 0 aliphatic rings. The molecule has 1 N–H and O–H groups in total. The van der Waals surface area contributed by atoms with E-state index in [1.807, 2.05) is 48.5 Å². The predicted molar refractivity (Wildman–Crippen MR) is 109 cm³/mol. The van der Waals surface area contributed by atoms with Gasteiger partial charge in [0.2, 0.25) is 0 Å². The van der Waals surface area contributed by atoms with Crippen LogP contribution < -0.4 is 0 Å². The Bertz CT molecular complexity index is 982. The molecule has 0 unspecified atom stereocenters. The van der Waals surface area contributed by atoms with Gasteiger partial charge in [-0.1, -0.05) is 85.4 Å². The number of aliphatic hydroxyl groups excluding tert-OH is 1. The maximum atomic E-state index is 13.0. The van der Waals surface area contributed by atoms with Gasteiger partial charge in [0.05, 0.1) is 16.8 Å². The molecular weight excluding hydrogens is 356 g/mol. The van der Waals surface area contributed by atoms with Crippen LogP contribution in [0.3, 0.4) is 0 Å². The van der Waals surface area contributed by atoms with Crippen LogP contribution in [0.1, 0.15) is 17.2 Å². The molecule has 0 aliphatic heterocycles. The maximum absolute atomic E-state index is 13.0. The second-order valence-corrected chi connectivity index (χ2v) is 8.48. The largest absolute Gasteiger partial charge is 0.388 e. The molecule has 27 heavy (non-hydrogen) atoms. The molecule has 3 aromatic rings. The lowest BCUT2D eigenvalue weighted by molar-refractivity contribution is 0.145. The Hall–Kier alpha value is -2.69. The van der Waals surface area contributed by atoms with Gasteiger partial charge in [0.1, 0.15) is 0 Å². The number of aliphatic hydroxyl groups is 1. The van der Waals surface area contributed by atoms with E-state index in [1.165, 1.54) is 0 Å². The lowest BCUT2D eigenvalue weighted by Gasteiger charge is -2.26. The third-order valence-electron chi connectivity index (χ3n) is 4.62. The van der Waals surface area contributed by atoms with Gasteiger partial charge in [-0.05, 0) is 28.8 Å². The summed E-state index contributed by atoms with van der Waals surface area (Å²) >= 11 is 0. The molecule has 3 aromatic carbocycles. The molecule has 0 bridgehead atoms. The van der Waals surface area contributed by atoms with Gasteiger partial charge in [-0.15, -0.1) is 0 Å². The smallest absolute Gasteiger partial charge is 0.179 e. The summed E-state index contributed by atoms with van der Waals surface area (Å²) in [5.74, 6) is -0.888. The Morgan fingerprint density at radius 3 is 1.85 bits per heavy atom. The molecule has 138 valence electrons. The molecule has 0 aromatic heterocycles. The molecule has 0 saturated heterocycles. The summed E-state index contributed by atoms with van der Waals surface area (Å²) in [4.78, 5) is 0.246. The Kier molecular flexibility index (Phi) is 5.89. The van der Waals surface area contributed by atoms with Crippen molar-refractivity contribution in [2.45, 2.75) is 11.0 Å². The van der Waals surface area contributed by atoms with Gasteiger partial charge in [-0.3, -0.25) is 0 Å². The van der Waals surface area contributed by atoms with Crippen LogP contribution in [-0.2, 0) is 9.84 Å². The molecule has 0 spiro atoms. The number of hydrogen-bond donors (Lipinski definition) is 1. The van der Waals surface area contributed by atoms with Crippen LogP contribution in [0.4, 0.5) is 0 Å². The van der Waals surface area contributed by atoms with Crippen LogP contribution in [0.25, 0.3) is 5.57 Å². The first kappa shape index (κ1) is 19.1. The van der Waals surface area contributed by atoms with Crippen molar-refractivity contribution in [3.8, 4) is 0 Å². The van der Waals surface area contributed by atoms with Crippen molar-refractivity contribution in [3.05, 3.63) is 109 Å². The first-order valence-electron chi connectivity index (χ1n) is 8.74. The summed E-state index contributed by atoms with van der Waals surface area (Å²) in [6.45, 7) is 4.13. The van der Waals surface area contributed by atoms with Gasteiger partial charge >= 0.3 is 0 Å². The average Bonchev–Trinajstić information content (AvgIpc) is 2.73. The van der Waals surface area contributed by atoms with Gasteiger partial charge in [-0.2, -0.15) is 0 Å². The van der Waals surface area contributed by atoms with Crippen molar-refractivity contribution in [1.82, 2.24) is 0 Å². The predicted octanol–water partition coefficient (Wildman–Crippen LogP) is 4.52. The number of sulfone groups is 1. The zero-order valence-electron chi connectivity index (χ0n) is 14.9. The van der Waals surface area contributed by atoms with Gasteiger partial charge in [-0.25, -0.2) is 8.42 Å². The van der Waals surface area contributed by atoms with Gasteiger partial charge < -0.3 is 5.11 Å². The van der Waals surface area contributed by atoms with E-state index in [0.717, 1.165) is 5.56 Å². The second-order valence-electron chi connectivity index (χ2n) is 6.45. The molecular formula is C23H22O3S. The SMILES string of the molecule is C=C(c1ccccc1)[C@@H](CS(=O)(=O)c1ccccc1)[C@H](O)c1ccccc1. The molecule has 0 radical (unpaired) electrons. The van der Waals surface area contributed by atoms with Crippen LogP contribution in [0, 0.1) is 5.92 Å². The molecule has 0 aliphatic carbocycles. The summed E-state index contributed by atoms with van der Waals surface area (Å²) in [5, 5.41) is 11.0. The topological polar surface area (TPSA) is 54.4 Å². The second kappa shape index (κ2) is 8.33. The molecule has 3 nitrogen and oxygen atoms in total. The summed E-state index contributed by atoms with van der Waals surface area (Å²) in [5.41, 5.74) is 2.09. The molecule has 0 saturated carbocycles. The molecule has 0 heterocycles. The minimum absolute atomic E-state index is 0.221. The summed E-state index contributed by atoms with van der Waals surface area (Å²) in [7, 11) is -3.59.